The SMILES string of the molecule is CCC(=O)C1(O)CNC1. The summed E-state index contributed by atoms with van der Waals surface area (Å²) in [6, 6.07) is 0. The molecule has 9 heavy (non-hydrogen) atoms. The monoisotopic (exact) mass is 129 g/mol. The number of nitrogens with one attached hydrogen (secondary N) is 1. The largest absolute Gasteiger partial charge is 0.379 e. The Hall–Kier alpha value is -0.410. The van der Waals surface area contributed by atoms with Crippen LogP contribution in [0.5, 0.6) is 0 Å². The van der Waals surface area contributed by atoms with Gasteiger partial charge in [-0.05, 0) is 0 Å². The van der Waals surface area contributed by atoms with Gasteiger partial charge in [-0.2, -0.15) is 0 Å². The fourth-order valence-corrected chi connectivity index (χ4v) is 0.888. The summed E-state index contributed by atoms with van der Waals surface area (Å²) in [7, 11) is 0. The average molecular weight is 129 g/mol. The van der Waals surface area contributed by atoms with Gasteiger partial charge >= 0.3 is 0 Å². The fraction of sp³-hybridized carbons (Fsp3) is 0.833. The van der Waals surface area contributed by atoms with Gasteiger partial charge in [-0.3, -0.25) is 4.79 Å². The zero-order valence-electron chi connectivity index (χ0n) is 5.48. The van der Waals surface area contributed by atoms with Crippen molar-refractivity contribution in [2.24, 2.45) is 0 Å². The van der Waals surface area contributed by atoms with Crippen molar-refractivity contribution in [1.82, 2.24) is 5.32 Å². The van der Waals surface area contributed by atoms with E-state index in [1.165, 1.54) is 0 Å². The minimum absolute atomic E-state index is 0.0544. The van der Waals surface area contributed by atoms with Crippen LogP contribution in [0.15, 0.2) is 0 Å². The van der Waals surface area contributed by atoms with Crippen LogP contribution < -0.4 is 5.32 Å². The molecule has 52 valence electrons. The molecule has 0 amide bonds. The second-order valence-electron chi connectivity index (χ2n) is 2.41. The average Bonchev–Trinajstić information content (AvgIpc) is 1.81. The molecular weight excluding hydrogens is 118 g/mol. The van der Waals surface area contributed by atoms with Gasteiger partial charge in [0, 0.05) is 19.5 Å². The third-order valence-corrected chi connectivity index (χ3v) is 1.68. The molecule has 1 rings (SSSR count). The van der Waals surface area contributed by atoms with Crippen molar-refractivity contribution < 1.29 is 9.90 Å². The Balaban J connectivity index is 2.49. The Bertz CT molecular complexity index is 129. The van der Waals surface area contributed by atoms with E-state index in [2.05, 4.69) is 5.32 Å². The molecule has 0 aliphatic carbocycles. The van der Waals surface area contributed by atoms with E-state index in [9.17, 15) is 9.90 Å². The summed E-state index contributed by atoms with van der Waals surface area (Å²) >= 11 is 0. The zero-order chi connectivity index (χ0) is 6.91. The smallest absolute Gasteiger partial charge is 0.166 e. The molecule has 0 aromatic heterocycles. The van der Waals surface area contributed by atoms with E-state index in [1.807, 2.05) is 0 Å². The predicted octanol–water partition coefficient (Wildman–Crippen LogP) is -0.700. The summed E-state index contributed by atoms with van der Waals surface area (Å²) in [4.78, 5) is 10.8. The molecule has 1 heterocycles. The molecule has 0 bridgehead atoms. The Morgan fingerprint density at radius 3 is 2.44 bits per heavy atom. The van der Waals surface area contributed by atoms with E-state index in [0.29, 0.717) is 19.5 Å². The van der Waals surface area contributed by atoms with Crippen LogP contribution in [-0.2, 0) is 4.79 Å². The number of Topliss-reactive ketones (excluding diaryl/α,β-unsaturated/α-hetero) is 1. The first-order valence-corrected chi connectivity index (χ1v) is 3.15. The van der Waals surface area contributed by atoms with Gasteiger partial charge < -0.3 is 10.4 Å². The van der Waals surface area contributed by atoms with Crippen LogP contribution in [0.4, 0.5) is 0 Å². The standard InChI is InChI=1S/C6H11NO2/c1-2-5(8)6(9)3-7-4-6/h7,9H,2-4H2,1H3. The number of hydrogen-bond acceptors (Lipinski definition) is 3. The third-order valence-electron chi connectivity index (χ3n) is 1.68. The molecule has 0 atom stereocenters. The summed E-state index contributed by atoms with van der Waals surface area (Å²) in [5.41, 5.74) is -1.02. The number of carbonyl (C=O) groups excluding carboxylic acids is 1. The highest BCUT2D eigenvalue weighted by Crippen LogP contribution is 2.12. The molecule has 1 aliphatic heterocycles. The highest BCUT2D eigenvalue weighted by Gasteiger charge is 2.40. The van der Waals surface area contributed by atoms with Gasteiger partial charge in [0.2, 0.25) is 0 Å². The molecule has 2 N–H and O–H groups in total. The molecule has 3 nitrogen and oxygen atoms in total. The molecule has 0 aromatic rings. The Morgan fingerprint density at radius 2 is 2.33 bits per heavy atom. The molecule has 0 saturated carbocycles. The number of β-amino-alcohol motifs (C(OH)–C–C–N with tert-alkyl or cyclic N) is 1. The summed E-state index contributed by atoms with van der Waals surface area (Å²) in [6.45, 7) is 2.62. The molecule has 1 fully saturated rings. The van der Waals surface area contributed by atoms with Crippen molar-refractivity contribution >= 4 is 5.78 Å². The van der Waals surface area contributed by atoms with E-state index in [0.717, 1.165) is 0 Å². The van der Waals surface area contributed by atoms with E-state index < -0.39 is 5.60 Å². The Labute approximate surface area is 54.1 Å². The molecule has 0 spiro atoms. The lowest BCUT2D eigenvalue weighted by atomic mass is 9.91. The maximum absolute atomic E-state index is 10.8. The van der Waals surface area contributed by atoms with Crippen molar-refractivity contribution in [2.75, 3.05) is 13.1 Å². The first-order chi connectivity index (χ1) is 4.19. The molecule has 0 radical (unpaired) electrons. The van der Waals surface area contributed by atoms with E-state index >= 15 is 0 Å². The van der Waals surface area contributed by atoms with Crippen LogP contribution in [0.1, 0.15) is 13.3 Å². The lowest BCUT2D eigenvalue weighted by molar-refractivity contribution is -0.141. The summed E-state index contributed by atoms with van der Waals surface area (Å²) in [6.07, 6.45) is 0.429. The van der Waals surface area contributed by atoms with Crippen LogP contribution in [0.3, 0.4) is 0 Å². The summed E-state index contributed by atoms with van der Waals surface area (Å²) in [5, 5.41) is 12.1. The quantitative estimate of drug-likeness (QED) is 0.518. The number of aliphatic hydroxyl groups is 1. The van der Waals surface area contributed by atoms with Crippen molar-refractivity contribution in [1.29, 1.82) is 0 Å². The van der Waals surface area contributed by atoms with Crippen LogP contribution in [0, 0.1) is 0 Å². The molecule has 0 aromatic carbocycles. The van der Waals surface area contributed by atoms with E-state index in [4.69, 9.17) is 0 Å². The van der Waals surface area contributed by atoms with Gasteiger partial charge in [-0.15, -0.1) is 0 Å². The molecule has 1 aliphatic rings. The minimum atomic E-state index is -1.02. The highest BCUT2D eigenvalue weighted by atomic mass is 16.3. The second-order valence-corrected chi connectivity index (χ2v) is 2.41. The molecule has 1 saturated heterocycles. The van der Waals surface area contributed by atoms with Gasteiger partial charge in [-0.25, -0.2) is 0 Å². The number of carbonyl (C=O) groups is 1. The number of ketones is 1. The molecule has 3 heteroatoms. The maximum Gasteiger partial charge on any atom is 0.166 e. The van der Waals surface area contributed by atoms with Crippen LogP contribution in [-0.4, -0.2) is 29.6 Å². The second kappa shape index (κ2) is 2.08. The first kappa shape index (κ1) is 6.71. The van der Waals surface area contributed by atoms with Crippen molar-refractivity contribution in [3.05, 3.63) is 0 Å². The third kappa shape index (κ3) is 0.976. The minimum Gasteiger partial charge on any atom is -0.379 e. The van der Waals surface area contributed by atoms with Crippen molar-refractivity contribution in [3.63, 3.8) is 0 Å². The van der Waals surface area contributed by atoms with Gasteiger partial charge in [0.05, 0.1) is 0 Å². The summed E-state index contributed by atoms with van der Waals surface area (Å²) in [5.74, 6) is -0.0544. The molecule has 0 unspecified atom stereocenters. The van der Waals surface area contributed by atoms with Crippen molar-refractivity contribution in [3.8, 4) is 0 Å². The summed E-state index contributed by atoms with van der Waals surface area (Å²) < 4.78 is 0. The first-order valence-electron chi connectivity index (χ1n) is 3.15. The normalized spacial score (nSPS) is 22.9. The van der Waals surface area contributed by atoms with Crippen molar-refractivity contribution in [2.45, 2.75) is 18.9 Å². The molecular formula is C6H11NO2. The van der Waals surface area contributed by atoms with Crippen LogP contribution >= 0.6 is 0 Å². The predicted molar refractivity (Wildman–Crippen MR) is 33.1 cm³/mol. The van der Waals surface area contributed by atoms with Crippen LogP contribution in [0.2, 0.25) is 0 Å². The van der Waals surface area contributed by atoms with Gasteiger partial charge in [0.1, 0.15) is 5.60 Å². The van der Waals surface area contributed by atoms with Gasteiger partial charge in [0.25, 0.3) is 0 Å². The highest BCUT2D eigenvalue weighted by molar-refractivity contribution is 5.88. The number of rotatable bonds is 2. The fourth-order valence-electron chi connectivity index (χ4n) is 0.888. The van der Waals surface area contributed by atoms with E-state index in [1.54, 1.807) is 6.92 Å². The van der Waals surface area contributed by atoms with Gasteiger partial charge in [-0.1, -0.05) is 6.92 Å². The topological polar surface area (TPSA) is 49.3 Å². The lowest BCUT2D eigenvalue weighted by Crippen LogP contribution is -2.64. The number of hydrogen-bond donors (Lipinski definition) is 2. The maximum atomic E-state index is 10.8. The Kier molecular flexibility index (Phi) is 1.55. The Morgan fingerprint density at radius 1 is 1.78 bits per heavy atom. The zero-order valence-corrected chi connectivity index (χ0v) is 5.48. The van der Waals surface area contributed by atoms with Gasteiger partial charge in [0.15, 0.2) is 5.78 Å². The van der Waals surface area contributed by atoms with E-state index in [-0.39, 0.29) is 5.78 Å². The lowest BCUT2D eigenvalue weighted by Gasteiger charge is -2.35. The van der Waals surface area contributed by atoms with Crippen LogP contribution in [0.25, 0.3) is 0 Å².